The molecule has 0 bridgehead atoms. The number of nitrogens with one attached hydrogen (secondary N) is 1. The highest BCUT2D eigenvalue weighted by atomic mass is 16.5. The molecule has 2 aliphatic heterocycles. The summed E-state index contributed by atoms with van der Waals surface area (Å²) in [5.41, 5.74) is 1.14. The van der Waals surface area contributed by atoms with Gasteiger partial charge in [0.1, 0.15) is 18.1 Å². The summed E-state index contributed by atoms with van der Waals surface area (Å²) in [5.74, 6) is 3.48. The summed E-state index contributed by atoms with van der Waals surface area (Å²) in [4.78, 5) is 19.0. The lowest BCUT2D eigenvalue weighted by atomic mass is 9.95. The van der Waals surface area contributed by atoms with Crippen molar-refractivity contribution < 1.29 is 18.8 Å². The zero-order chi connectivity index (χ0) is 20.9. The average Bonchev–Trinajstić information content (AvgIpc) is 3.19. The van der Waals surface area contributed by atoms with Gasteiger partial charge in [-0.05, 0) is 38.1 Å². The maximum atomic E-state index is 13.1. The number of carbonyl (C=O) groups excluding carboxylic acids is 1. The fourth-order valence-electron chi connectivity index (χ4n) is 4.70. The van der Waals surface area contributed by atoms with E-state index in [1.165, 1.54) is 4.90 Å². The minimum absolute atomic E-state index is 0.175. The first-order chi connectivity index (χ1) is 14.6. The van der Waals surface area contributed by atoms with E-state index in [2.05, 4.69) is 28.0 Å². The molecular weight excluding hydrogens is 378 g/mol. The lowest BCUT2D eigenvalue weighted by Gasteiger charge is -2.39. The smallest absolute Gasteiger partial charge is 0.226 e. The van der Waals surface area contributed by atoms with Crippen LogP contribution in [0.2, 0.25) is 0 Å². The van der Waals surface area contributed by atoms with Crippen LogP contribution in [0.25, 0.3) is 0 Å². The number of furan rings is 1. The number of ether oxygens (including phenoxy) is 1. The number of carbonyl (C=O) groups is 1. The molecule has 0 radical (unpaired) electrons. The molecule has 2 saturated heterocycles. The van der Waals surface area contributed by atoms with Gasteiger partial charge >= 0.3 is 0 Å². The Morgan fingerprint density at radius 1 is 1.10 bits per heavy atom. The summed E-state index contributed by atoms with van der Waals surface area (Å²) in [6.45, 7) is 11.0. The van der Waals surface area contributed by atoms with Crippen LogP contribution in [-0.2, 0) is 11.3 Å². The van der Waals surface area contributed by atoms with Crippen molar-refractivity contribution in [2.45, 2.75) is 33.2 Å². The Bertz CT molecular complexity index is 834. The van der Waals surface area contributed by atoms with Gasteiger partial charge in [0.2, 0.25) is 5.91 Å². The van der Waals surface area contributed by atoms with Crippen LogP contribution in [0.3, 0.4) is 0 Å². The molecule has 1 N–H and O–H groups in total. The van der Waals surface area contributed by atoms with E-state index in [9.17, 15) is 4.79 Å². The van der Waals surface area contributed by atoms with Gasteiger partial charge < -0.3 is 23.9 Å². The van der Waals surface area contributed by atoms with Crippen LogP contribution >= 0.6 is 0 Å². The average molecular weight is 413 g/mol. The number of nitrogens with zero attached hydrogens (tertiary/aromatic N) is 2. The zero-order valence-electron chi connectivity index (χ0n) is 18.2. The quantitative estimate of drug-likeness (QED) is 0.790. The summed E-state index contributed by atoms with van der Waals surface area (Å²) in [5, 5.41) is 0. The minimum atomic E-state index is 0.175. The first-order valence-electron chi connectivity index (χ1n) is 11.3. The Kier molecular flexibility index (Phi) is 6.62. The van der Waals surface area contributed by atoms with Crippen LogP contribution in [0, 0.1) is 12.8 Å². The molecule has 2 fully saturated rings. The SMILES string of the molecule is CCOc1ccccc1N1CCN(C(=O)C2CC[NH+](Cc3ccc(C)o3)CC2)CC1. The van der Waals surface area contributed by atoms with Gasteiger partial charge in [-0.25, -0.2) is 0 Å². The molecule has 0 unspecified atom stereocenters. The predicted molar refractivity (Wildman–Crippen MR) is 117 cm³/mol. The van der Waals surface area contributed by atoms with Crippen LogP contribution < -0.4 is 14.5 Å². The minimum Gasteiger partial charge on any atom is -0.492 e. The van der Waals surface area contributed by atoms with Crippen molar-refractivity contribution in [3.8, 4) is 5.75 Å². The maximum Gasteiger partial charge on any atom is 0.226 e. The highest BCUT2D eigenvalue weighted by Gasteiger charge is 2.32. The predicted octanol–water partition coefficient (Wildman–Crippen LogP) is 2.13. The Morgan fingerprint density at radius 2 is 1.83 bits per heavy atom. The number of benzene rings is 1. The number of piperidine rings is 1. The summed E-state index contributed by atoms with van der Waals surface area (Å²) < 4.78 is 11.5. The number of piperazine rings is 1. The molecular formula is C24H34N3O3+. The van der Waals surface area contributed by atoms with Gasteiger partial charge in [0.25, 0.3) is 0 Å². The number of quaternary nitrogens is 1. The number of rotatable bonds is 6. The number of hydrogen-bond acceptors (Lipinski definition) is 4. The van der Waals surface area contributed by atoms with Gasteiger partial charge in [-0.3, -0.25) is 4.79 Å². The molecule has 0 spiro atoms. The van der Waals surface area contributed by atoms with Crippen LogP contribution in [0.5, 0.6) is 5.75 Å². The second-order valence-corrected chi connectivity index (χ2v) is 8.43. The van der Waals surface area contributed by atoms with E-state index in [0.717, 1.165) is 81.6 Å². The summed E-state index contributed by atoms with van der Waals surface area (Å²) >= 11 is 0. The van der Waals surface area contributed by atoms with E-state index >= 15 is 0 Å². The third kappa shape index (κ3) is 4.81. The summed E-state index contributed by atoms with van der Waals surface area (Å²) in [7, 11) is 0. The fourth-order valence-corrected chi connectivity index (χ4v) is 4.70. The lowest BCUT2D eigenvalue weighted by molar-refractivity contribution is -0.920. The topological polar surface area (TPSA) is 50.4 Å². The van der Waals surface area contributed by atoms with E-state index in [0.29, 0.717) is 12.5 Å². The molecule has 2 aromatic rings. The van der Waals surface area contributed by atoms with Crippen molar-refractivity contribution in [1.82, 2.24) is 4.90 Å². The molecule has 162 valence electrons. The van der Waals surface area contributed by atoms with Crippen LogP contribution in [0.1, 0.15) is 31.3 Å². The van der Waals surface area contributed by atoms with Crippen LogP contribution in [0.4, 0.5) is 5.69 Å². The molecule has 6 nitrogen and oxygen atoms in total. The third-order valence-corrected chi connectivity index (χ3v) is 6.36. The number of hydrogen-bond donors (Lipinski definition) is 1. The van der Waals surface area contributed by atoms with Gasteiger partial charge in [-0.15, -0.1) is 0 Å². The Morgan fingerprint density at radius 3 is 2.50 bits per heavy atom. The third-order valence-electron chi connectivity index (χ3n) is 6.36. The van der Waals surface area contributed by atoms with Crippen LogP contribution in [0.15, 0.2) is 40.8 Å². The molecule has 0 saturated carbocycles. The standard InChI is InChI=1S/C24H33N3O3/c1-3-29-23-7-5-4-6-22(23)26-14-16-27(17-15-26)24(28)20-10-12-25(13-11-20)18-21-9-8-19(2)30-21/h4-9,20H,3,10-18H2,1-2H3/p+1. The second-order valence-electron chi connectivity index (χ2n) is 8.43. The summed E-state index contributed by atoms with van der Waals surface area (Å²) in [6, 6.07) is 12.3. The van der Waals surface area contributed by atoms with Gasteiger partial charge in [0.15, 0.2) is 5.76 Å². The van der Waals surface area contributed by atoms with Crippen molar-refractivity contribution in [2.75, 3.05) is 50.8 Å². The molecule has 1 aromatic carbocycles. The van der Waals surface area contributed by atoms with E-state index in [1.807, 2.05) is 32.0 Å². The number of likely N-dealkylation sites (tertiary alicyclic amines) is 1. The van der Waals surface area contributed by atoms with E-state index in [4.69, 9.17) is 9.15 Å². The molecule has 1 amide bonds. The molecule has 3 heterocycles. The zero-order valence-corrected chi connectivity index (χ0v) is 18.2. The van der Waals surface area contributed by atoms with Gasteiger partial charge in [-0.1, -0.05) is 12.1 Å². The highest BCUT2D eigenvalue weighted by molar-refractivity contribution is 5.79. The first-order valence-corrected chi connectivity index (χ1v) is 11.3. The maximum absolute atomic E-state index is 13.1. The van der Waals surface area contributed by atoms with Gasteiger partial charge in [0, 0.05) is 44.9 Å². The second kappa shape index (κ2) is 9.56. The molecule has 2 aliphatic rings. The number of amides is 1. The first kappa shape index (κ1) is 20.8. The Hall–Kier alpha value is -2.47. The van der Waals surface area contributed by atoms with Crippen molar-refractivity contribution in [3.05, 3.63) is 47.9 Å². The van der Waals surface area contributed by atoms with Gasteiger partial charge in [-0.2, -0.15) is 0 Å². The molecule has 0 aliphatic carbocycles. The molecule has 0 atom stereocenters. The number of aryl methyl sites for hydroxylation is 1. The monoisotopic (exact) mass is 412 g/mol. The fraction of sp³-hybridized carbons (Fsp3) is 0.542. The number of para-hydroxylation sites is 2. The highest BCUT2D eigenvalue weighted by Crippen LogP contribution is 2.29. The molecule has 30 heavy (non-hydrogen) atoms. The normalized spacial score (nSPS) is 22.2. The van der Waals surface area contributed by atoms with Crippen molar-refractivity contribution in [2.24, 2.45) is 5.92 Å². The lowest BCUT2D eigenvalue weighted by Crippen LogP contribution is -3.11. The van der Waals surface area contributed by atoms with Crippen LogP contribution in [-0.4, -0.2) is 56.7 Å². The van der Waals surface area contributed by atoms with Gasteiger partial charge in [0.05, 0.1) is 25.4 Å². The number of anilines is 1. The summed E-state index contributed by atoms with van der Waals surface area (Å²) in [6.07, 6.45) is 1.95. The Balaban J connectivity index is 1.26. The van der Waals surface area contributed by atoms with E-state index < -0.39 is 0 Å². The molecule has 4 rings (SSSR count). The largest absolute Gasteiger partial charge is 0.492 e. The van der Waals surface area contributed by atoms with E-state index in [1.54, 1.807) is 0 Å². The Labute approximate surface area is 179 Å². The van der Waals surface area contributed by atoms with Crippen molar-refractivity contribution in [3.63, 3.8) is 0 Å². The van der Waals surface area contributed by atoms with Crippen molar-refractivity contribution in [1.29, 1.82) is 0 Å². The molecule has 1 aromatic heterocycles. The van der Waals surface area contributed by atoms with E-state index in [-0.39, 0.29) is 5.92 Å². The molecule has 6 heteroatoms. The van der Waals surface area contributed by atoms with Crippen molar-refractivity contribution >= 4 is 11.6 Å².